The van der Waals surface area contributed by atoms with E-state index in [0.29, 0.717) is 11.0 Å². The van der Waals surface area contributed by atoms with Gasteiger partial charge in [0, 0.05) is 16.1 Å². The molecule has 0 radical (unpaired) electrons. The minimum atomic E-state index is -0.443. The van der Waals surface area contributed by atoms with Gasteiger partial charge < -0.3 is 5.32 Å². The number of urea groups is 1. The zero-order valence-electron chi connectivity index (χ0n) is 12.0. The normalized spacial score (nSPS) is 13.6. The summed E-state index contributed by atoms with van der Waals surface area (Å²) in [5.41, 5.74) is 0.889. The van der Waals surface area contributed by atoms with Gasteiger partial charge in [-0.25, -0.2) is 9.78 Å². The Morgan fingerprint density at radius 2 is 2.13 bits per heavy atom. The fourth-order valence-electron chi connectivity index (χ4n) is 1.83. The van der Waals surface area contributed by atoms with Crippen LogP contribution in [0.1, 0.15) is 12.8 Å². The predicted molar refractivity (Wildman–Crippen MR) is 89.9 cm³/mol. The molecule has 1 aliphatic rings. The quantitative estimate of drug-likeness (QED) is 0.674. The lowest BCUT2D eigenvalue weighted by Crippen LogP contribution is -2.41. The molecule has 1 fully saturated rings. The van der Waals surface area contributed by atoms with Crippen molar-refractivity contribution in [3.05, 3.63) is 28.7 Å². The number of halogens is 1. The van der Waals surface area contributed by atoms with Crippen molar-refractivity contribution in [2.45, 2.75) is 24.0 Å². The first kappa shape index (κ1) is 16.0. The van der Waals surface area contributed by atoms with Crippen molar-refractivity contribution in [1.29, 1.82) is 0 Å². The van der Waals surface area contributed by atoms with E-state index in [1.807, 2.05) is 24.3 Å². The fraction of sp³-hybridized carbons (Fsp3) is 0.286. The molecule has 1 saturated carbocycles. The third kappa shape index (κ3) is 4.55. The Kier molecular flexibility index (Phi) is 4.97. The van der Waals surface area contributed by atoms with E-state index in [1.165, 1.54) is 11.8 Å². The van der Waals surface area contributed by atoms with Crippen molar-refractivity contribution in [3.63, 3.8) is 0 Å². The summed E-state index contributed by atoms with van der Waals surface area (Å²) in [6.45, 7) is 0. The lowest BCUT2D eigenvalue weighted by atomic mass is 10.2. The van der Waals surface area contributed by atoms with E-state index < -0.39 is 6.03 Å². The minimum Gasteiger partial charge on any atom is -0.335 e. The molecular formula is C14H14BrN5O2S. The van der Waals surface area contributed by atoms with Crippen LogP contribution in [0.4, 0.5) is 4.79 Å². The highest BCUT2D eigenvalue weighted by molar-refractivity contribution is 9.10. The van der Waals surface area contributed by atoms with Gasteiger partial charge in [-0.2, -0.15) is 0 Å². The molecule has 1 heterocycles. The number of aromatic amines is 1. The van der Waals surface area contributed by atoms with Crippen molar-refractivity contribution in [2.75, 3.05) is 5.75 Å². The number of hydrogen-bond donors (Lipinski definition) is 3. The molecule has 0 unspecified atom stereocenters. The molecule has 3 N–H and O–H groups in total. The van der Waals surface area contributed by atoms with E-state index in [4.69, 9.17) is 0 Å². The van der Waals surface area contributed by atoms with E-state index in [2.05, 4.69) is 41.7 Å². The van der Waals surface area contributed by atoms with Gasteiger partial charge in [0.1, 0.15) is 0 Å². The molecule has 120 valence electrons. The molecule has 9 heteroatoms. The zero-order chi connectivity index (χ0) is 16.2. The van der Waals surface area contributed by atoms with E-state index in [9.17, 15) is 9.59 Å². The molecule has 3 amide bonds. The molecule has 0 bridgehead atoms. The highest BCUT2D eigenvalue weighted by atomic mass is 79.9. The summed E-state index contributed by atoms with van der Waals surface area (Å²) in [7, 11) is 0. The lowest BCUT2D eigenvalue weighted by Gasteiger charge is -2.03. The van der Waals surface area contributed by atoms with Gasteiger partial charge >= 0.3 is 6.03 Å². The molecule has 2 aromatic rings. The molecular weight excluding hydrogens is 382 g/mol. The van der Waals surface area contributed by atoms with Gasteiger partial charge in [-0.1, -0.05) is 45.9 Å². The van der Waals surface area contributed by atoms with Crippen LogP contribution < -0.4 is 10.6 Å². The Bertz CT molecular complexity index is 731. The molecule has 0 atom stereocenters. The first-order chi connectivity index (χ1) is 11.1. The smallest absolute Gasteiger partial charge is 0.321 e. The third-order valence-electron chi connectivity index (χ3n) is 3.09. The average molecular weight is 396 g/mol. The van der Waals surface area contributed by atoms with Crippen LogP contribution in [0, 0.1) is 0 Å². The summed E-state index contributed by atoms with van der Waals surface area (Å²) < 4.78 is 0.905. The number of carbonyl (C=O) groups excluding carboxylic acids is 2. The summed E-state index contributed by atoms with van der Waals surface area (Å²) >= 11 is 4.62. The Morgan fingerprint density at radius 1 is 1.35 bits per heavy atom. The maximum atomic E-state index is 11.7. The van der Waals surface area contributed by atoms with Crippen molar-refractivity contribution in [3.8, 4) is 11.4 Å². The highest BCUT2D eigenvalue weighted by Gasteiger charge is 2.23. The van der Waals surface area contributed by atoms with Crippen molar-refractivity contribution < 1.29 is 9.59 Å². The van der Waals surface area contributed by atoms with Crippen LogP contribution in [0.25, 0.3) is 11.4 Å². The first-order valence-electron chi connectivity index (χ1n) is 7.02. The number of thioether (sulfide) groups is 1. The molecule has 0 aliphatic heterocycles. The van der Waals surface area contributed by atoms with Gasteiger partial charge in [-0.15, -0.1) is 5.10 Å². The zero-order valence-corrected chi connectivity index (χ0v) is 14.4. The Hall–Kier alpha value is -1.87. The van der Waals surface area contributed by atoms with Gasteiger partial charge in [-0.05, 0) is 18.9 Å². The van der Waals surface area contributed by atoms with E-state index in [0.717, 1.165) is 22.9 Å². The monoisotopic (exact) mass is 395 g/mol. The molecule has 23 heavy (non-hydrogen) atoms. The number of imide groups is 1. The van der Waals surface area contributed by atoms with Crippen molar-refractivity contribution in [1.82, 2.24) is 25.8 Å². The highest BCUT2D eigenvalue weighted by Crippen LogP contribution is 2.26. The molecule has 1 aromatic carbocycles. The Labute approximate surface area is 145 Å². The summed E-state index contributed by atoms with van der Waals surface area (Å²) in [5.74, 6) is 0.318. The number of nitrogens with one attached hydrogen (secondary N) is 3. The fourth-order valence-corrected chi connectivity index (χ4v) is 2.90. The number of aromatic nitrogens is 3. The number of benzene rings is 1. The van der Waals surface area contributed by atoms with Gasteiger partial charge in [0.15, 0.2) is 5.82 Å². The number of carbonyl (C=O) groups is 2. The second-order valence-corrected chi connectivity index (χ2v) is 6.83. The van der Waals surface area contributed by atoms with E-state index >= 15 is 0 Å². The van der Waals surface area contributed by atoms with Crippen LogP contribution in [0.5, 0.6) is 0 Å². The van der Waals surface area contributed by atoms with Crippen LogP contribution in [0.15, 0.2) is 33.9 Å². The SMILES string of the molecule is O=C(CSc1n[nH]c(-c2ccccc2Br)n1)NC(=O)NC1CC1. The van der Waals surface area contributed by atoms with Crippen LogP contribution in [0.2, 0.25) is 0 Å². The van der Waals surface area contributed by atoms with Crippen LogP contribution >= 0.6 is 27.7 Å². The van der Waals surface area contributed by atoms with Gasteiger partial charge in [0.05, 0.1) is 5.75 Å². The van der Waals surface area contributed by atoms with Crippen LogP contribution in [0.3, 0.4) is 0 Å². The predicted octanol–water partition coefficient (Wildman–Crippen LogP) is 2.31. The largest absolute Gasteiger partial charge is 0.335 e. The Balaban J connectivity index is 1.52. The van der Waals surface area contributed by atoms with E-state index in [-0.39, 0.29) is 17.7 Å². The standard InChI is InChI=1S/C14H14BrN5O2S/c15-10-4-2-1-3-9(10)12-18-14(20-19-12)23-7-11(21)17-13(22)16-8-5-6-8/h1-4,8H,5-7H2,(H,18,19,20)(H2,16,17,21,22). The number of rotatable bonds is 5. The topological polar surface area (TPSA) is 99.8 Å². The molecule has 1 aromatic heterocycles. The van der Waals surface area contributed by atoms with Crippen molar-refractivity contribution >= 4 is 39.6 Å². The lowest BCUT2D eigenvalue weighted by molar-refractivity contribution is -0.117. The van der Waals surface area contributed by atoms with E-state index in [1.54, 1.807) is 0 Å². The molecule has 0 spiro atoms. The summed E-state index contributed by atoms with van der Waals surface area (Å²) in [5, 5.41) is 12.3. The number of amides is 3. The first-order valence-corrected chi connectivity index (χ1v) is 8.80. The van der Waals surface area contributed by atoms with Gasteiger partial charge in [0.25, 0.3) is 0 Å². The second-order valence-electron chi connectivity index (χ2n) is 5.03. The number of hydrogen-bond acceptors (Lipinski definition) is 5. The average Bonchev–Trinajstić information content (AvgIpc) is 3.20. The minimum absolute atomic E-state index is 0.0747. The van der Waals surface area contributed by atoms with Gasteiger partial charge in [0.2, 0.25) is 11.1 Å². The van der Waals surface area contributed by atoms with Crippen LogP contribution in [-0.2, 0) is 4.79 Å². The van der Waals surface area contributed by atoms with Crippen molar-refractivity contribution in [2.24, 2.45) is 0 Å². The summed E-state index contributed by atoms with van der Waals surface area (Å²) in [6, 6.07) is 7.42. The molecule has 1 aliphatic carbocycles. The summed E-state index contributed by atoms with van der Waals surface area (Å²) in [4.78, 5) is 27.5. The molecule has 0 saturated heterocycles. The summed E-state index contributed by atoms with van der Waals surface area (Å²) in [6.07, 6.45) is 1.96. The third-order valence-corrected chi connectivity index (χ3v) is 4.63. The van der Waals surface area contributed by atoms with Gasteiger partial charge in [-0.3, -0.25) is 15.2 Å². The Morgan fingerprint density at radius 3 is 2.87 bits per heavy atom. The molecule has 3 rings (SSSR count). The number of nitrogens with zero attached hydrogens (tertiary/aromatic N) is 2. The maximum absolute atomic E-state index is 11.7. The maximum Gasteiger partial charge on any atom is 0.321 e. The van der Waals surface area contributed by atoms with Crippen LogP contribution in [-0.4, -0.2) is 38.9 Å². The second kappa shape index (κ2) is 7.14. The number of H-pyrrole nitrogens is 1. The molecule has 7 nitrogen and oxygen atoms in total.